The highest BCUT2D eigenvalue weighted by Crippen LogP contribution is 2.26. The average Bonchev–Trinajstić information content (AvgIpc) is 2.86. The van der Waals surface area contributed by atoms with Crippen molar-refractivity contribution in [2.75, 3.05) is 7.11 Å². The lowest BCUT2D eigenvalue weighted by Gasteiger charge is -2.13. The number of nitrogens with one attached hydrogen (secondary N) is 1. The maximum absolute atomic E-state index is 12.7. The highest BCUT2D eigenvalue weighted by Gasteiger charge is 2.13. The van der Waals surface area contributed by atoms with Crippen LogP contribution in [0.2, 0.25) is 0 Å². The fourth-order valence-corrected chi connectivity index (χ4v) is 3.60. The number of ether oxygens (including phenoxy) is 1. The Morgan fingerprint density at radius 3 is 2.12 bits per heavy atom. The third-order valence-electron chi connectivity index (χ3n) is 5.53. The van der Waals surface area contributed by atoms with Gasteiger partial charge in [-0.25, -0.2) is 4.79 Å². The van der Waals surface area contributed by atoms with Crippen LogP contribution in [0, 0.1) is 0 Å². The zero-order chi connectivity index (χ0) is 23.4. The fourth-order valence-electron chi connectivity index (χ4n) is 3.60. The van der Waals surface area contributed by atoms with E-state index in [1.54, 1.807) is 31.4 Å². The van der Waals surface area contributed by atoms with E-state index in [2.05, 4.69) is 5.32 Å². The average molecular weight is 441 g/mol. The van der Waals surface area contributed by atoms with Gasteiger partial charge in [0.1, 0.15) is 11.9 Å². The van der Waals surface area contributed by atoms with Gasteiger partial charge in [-0.05, 0) is 69.9 Å². The van der Waals surface area contributed by atoms with Crippen molar-refractivity contribution in [1.82, 2.24) is 5.32 Å². The largest absolute Gasteiger partial charge is 0.497 e. The molecule has 1 atom stereocenters. The van der Waals surface area contributed by atoms with Gasteiger partial charge in [-0.3, -0.25) is 4.79 Å². The lowest BCUT2D eigenvalue weighted by atomic mass is 9.97. The predicted octanol–water partition coefficient (Wildman–Crippen LogP) is 4.56. The molecular weight excluding hydrogens is 418 g/mol. The van der Waals surface area contributed by atoms with Crippen LogP contribution in [-0.2, 0) is 6.54 Å². The minimum atomic E-state index is -1.01. The zero-order valence-corrected chi connectivity index (χ0v) is 18.0. The van der Waals surface area contributed by atoms with Crippen LogP contribution in [0.25, 0.3) is 10.8 Å². The quantitative estimate of drug-likeness (QED) is 0.391. The van der Waals surface area contributed by atoms with Crippen LogP contribution in [0.15, 0.2) is 84.9 Å². The summed E-state index contributed by atoms with van der Waals surface area (Å²) in [6.07, 6.45) is -0.912. The molecule has 0 fully saturated rings. The monoisotopic (exact) mass is 441 g/mol. The smallest absolute Gasteiger partial charge is 0.335 e. The zero-order valence-electron chi connectivity index (χ0n) is 18.0. The lowest BCUT2D eigenvalue weighted by Crippen LogP contribution is -2.22. The number of aliphatic hydroxyl groups is 1. The Bertz CT molecular complexity index is 1300. The van der Waals surface area contributed by atoms with Gasteiger partial charge in [0.2, 0.25) is 0 Å². The van der Waals surface area contributed by atoms with Gasteiger partial charge in [-0.1, -0.05) is 42.5 Å². The summed E-state index contributed by atoms with van der Waals surface area (Å²) in [4.78, 5) is 23.7. The minimum Gasteiger partial charge on any atom is -0.497 e. The molecule has 3 N–H and O–H groups in total. The Morgan fingerprint density at radius 2 is 1.45 bits per heavy atom. The van der Waals surface area contributed by atoms with Gasteiger partial charge in [-0.2, -0.15) is 0 Å². The van der Waals surface area contributed by atoms with Crippen molar-refractivity contribution < 1.29 is 24.5 Å². The van der Waals surface area contributed by atoms with E-state index in [1.807, 2.05) is 48.5 Å². The van der Waals surface area contributed by atoms with E-state index in [0.717, 1.165) is 22.1 Å². The summed E-state index contributed by atoms with van der Waals surface area (Å²) >= 11 is 0. The highest BCUT2D eigenvalue weighted by molar-refractivity contribution is 5.98. The summed E-state index contributed by atoms with van der Waals surface area (Å²) in [6.45, 7) is 0.395. The standard InChI is InChI=1S/C27H23NO5/c1-33-24-12-2-17(3-13-24)16-28-26(30)22-11-5-18-4-10-21(14-23(18)15-22)25(29)19-6-8-20(9-7-19)27(31)32/h2-15,25,29H,16H2,1H3,(H,28,30)(H,31,32). The fraction of sp³-hybridized carbons (Fsp3) is 0.111. The topological polar surface area (TPSA) is 95.9 Å². The van der Waals surface area contributed by atoms with Crippen molar-refractivity contribution in [1.29, 1.82) is 0 Å². The number of benzene rings is 4. The van der Waals surface area contributed by atoms with Gasteiger partial charge in [0.05, 0.1) is 12.7 Å². The molecular formula is C27H23NO5. The number of rotatable bonds is 7. The third kappa shape index (κ3) is 5.02. The van der Waals surface area contributed by atoms with E-state index in [0.29, 0.717) is 23.2 Å². The summed E-state index contributed by atoms with van der Waals surface area (Å²) in [6, 6.07) is 24.6. The number of hydrogen-bond donors (Lipinski definition) is 3. The number of fused-ring (bicyclic) bond motifs is 1. The van der Waals surface area contributed by atoms with Crippen LogP contribution in [0.4, 0.5) is 0 Å². The Kier molecular flexibility index (Phi) is 6.38. The molecule has 6 nitrogen and oxygen atoms in total. The molecule has 0 spiro atoms. The van der Waals surface area contributed by atoms with E-state index in [1.165, 1.54) is 12.1 Å². The molecule has 166 valence electrons. The molecule has 0 saturated heterocycles. The first-order chi connectivity index (χ1) is 15.9. The van der Waals surface area contributed by atoms with E-state index < -0.39 is 12.1 Å². The second-order valence-electron chi connectivity index (χ2n) is 7.68. The summed E-state index contributed by atoms with van der Waals surface area (Å²) in [7, 11) is 1.61. The maximum Gasteiger partial charge on any atom is 0.335 e. The number of carboxylic acid groups (broad SMARTS) is 1. The van der Waals surface area contributed by atoms with Gasteiger partial charge >= 0.3 is 5.97 Å². The molecule has 0 aromatic heterocycles. The molecule has 1 amide bonds. The first-order valence-electron chi connectivity index (χ1n) is 10.4. The molecule has 4 aromatic carbocycles. The van der Waals surface area contributed by atoms with Crippen LogP contribution in [-0.4, -0.2) is 29.2 Å². The normalized spacial score (nSPS) is 11.7. The van der Waals surface area contributed by atoms with Gasteiger partial charge in [-0.15, -0.1) is 0 Å². The summed E-state index contributed by atoms with van der Waals surface area (Å²) in [5.41, 5.74) is 2.89. The summed E-state index contributed by atoms with van der Waals surface area (Å²) in [5, 5.41) is 24.5. The minimum absolute atomic E-state index is 0.162. The maximum atomic E-state index is 12.7. The predicted molar refractivity (Wildman–Crippen MR) is 126 cm³/mol. The number of amides is 1. The van der Waals surface area contributed by atoms with Crippen LogP contribution in [0.5, 0.6) is 5.75 Å². The molecule has 6 heteroatoms. The van der Waals surface area contributed by atoms with Crippen LogP contribution < -0.4 is 10.1 Å². The van der Waals surface area contributed by atoms with Crippen LogP contribution in [0.1, 0.15) is 43.5 Å². The summed E-state index contributed by atoms with van der Waals surface area (Å²) in [5.74, 6) is -0.446. The number of carboxylic acids is 1. The van der Waals surface area contributed by atoms with E-state index >= 15 is 0 Å². The number of aliphatic hydroxyl groups excluding tert-OH is 1. The number of methoxy groups -OCH3 is 1. The molecule has 0 bridgehead atoms. The molecule has 0 heterocycles. The SMILES string of the molecule is COc1ccc(CNC(=O)c2ccc3ccc(C(O)c4ccc(C(=O)O)cc4)cc3c2)cc1. The molecule has 0 saturated carbocycles. The second kappa shape index (κ2) is 9.54. The Morgan fingerprint density at radius 1 is 0.818 bits per heavy atom. The van der Waals surface area contributed by atoms with E-state index in [-0.39, 0.29) is 11.5 Å². The molecule has 0 aliphatic heterocycles. The van der Waals surface area contributed by atoms with Gasteiger partial charge < -0.3 is 20.3 Å². The van der Waals surface area contributed by atoms with Crippen molar-refractivity contribution in [2.45, 2.75) is 12.6 Å². The molecule has 33 heavy (non-hydrogen) atoms. The highest BCUT2D eigenvalue weighted by atomic mass is 16.5. The number of aromatic carboxylic acids is 1. The van der Waals surface area contributed by atoms with Crippen molar-refractivity contribution in [2.24, 2.45) is 0 Å². The van der Waals surface area contributed by atoms with Crippen LogP contribution >= 0.6 is 0 Å². The molecule has 4 rings (SSSR count). The number of hydrogen-bond acceptors (Lipinski definition) is 4. The van der Waals surface area contributed by atoms with E-state index in [9.17, 15) is 14.7 Å². The number of carbonyl (C=O) groups excluding carboxylic acids is 1. The molecule has 0 aliphatic carbocycles. The first-order valence-corrected chi connectivity index (χ1v) is 10.4. The molecule has 0 aliphatic rings. The van der Waals surface area contributed by atoms with Crippen LogP contribution in [0.3, 0.4) is 0 Å². The van der Waals surface area contributed by atoms with Crippen molar-refractivity contribution in [3.8, 4) is 5.75 Å². The lowest BCUT2D eigenvalue weighted by molar-refractivity contribution is 0.0696. The molecule has 0 radical (unpaired) electrons. The Hall–Kier alpha value is -4.16. The second-order valence-corrected chi connectivity index (χ2v) is 7.68. The number of carbonyl (C=O) groups is 2. The van der Waals surface area contributed by atoms with E-state index in [4.69, 9.17) is 9.84 Å². The first kappa shape index (κ1) is 22.0. The van der Waals surface area contributed by atoms with Crippen molar-refractivity contribution in [3.05, 3.63) is 113 Å². The van der Waals surface area contributed by atoms with Gasteiger partial charge in [0, 0.05) is 12.1 Å². The van der Waals surface area contributed by atoms with Gasteiger partial charge in [0.15, 0.2) is 0 Å². The molecule has 4 aromatic rings. The Balaban J connectivity index is 1.51. The van der Waals surface area contributed by atoms with Gasteiger partial charge in [0.25, 0.3) is 5.91 Å². The van der Waals surface area contributed by atoms with Crippen molar-refractivity contribution in [3.63, 3.8) is 0 Å². The summed E-state index contributed by atoms with van der Waals surface area (Å²) < 4.78 is 5.15. The molecule has 1 unspecified atom stereocenters. The third-order valence-corrected chi connectivity index (χ3v) is 5.53. The van der Waals surface area contributed by atoms with Crippen molar-refractivity contribution >= 4 is 22.6 Å². The Labute approximate surface area is 191 Å².